The second kappa shape index (κ2) is 7.06. The van der Waals surface area contributed by atoms with Gasteiger partial charge in [0, 0.05) is 31.6 Å². The summed E-state index contributed by atoms with van der Waals surface area (Å²) < 4.78 is 39.3. The van der Waals surface area contributed by atoms with Gasteiger partial charge >= 0.3 is 6.18 Å². The molecular formula is C18H23F3N2O2. The quantitative estimate of drug-likeness (QED) is 0.833. The number of carbonyl (C=O) groups excluding carboxylic acids is 2. The summed E-state index contributed by atoms with van der Waals surface area (Å²) in [6.07, 6.45) is -3.88. The number of carbonyl (C=O) groups is 2. The summed E-state index contributed by atoms with van der Waals surface area (Å²) in [5.74, 6) is -0.632. The Bertz CT molecular complexity index is 648. The molecule has 0 spiro atoms. The van der Waals surface area contributed by atoms with E-state index in [1.165, 1.54) is 23.1 Å². The van der Waals surface area contributed by atoms with Crippen molar-refractivity contribution in [2.75, 3.05) is 26.2 Å². The van der Waals surface area contributed by atoms with Crippen LogP contribution in [0.5, 0.6) is 0 Å². The molecule has 0 saturated carbocycles. The molecule has 0 radical (unpaired) electrons. The molecule has 1 aromatic rings. The molecule has 2 rings (SSSR count). The van der Waals surface area contributed by atoms with E-state index in [9.17, 15) is 22.8 Å². The molecule has 1 aliphatic heterocycles. The lowest BCUT2D eigenvalue weighted by molar-refractivity contribution is -0.142. The molecule has 1 aliphatic rings. The lowest BCUT2D eigenvalue weighted by Gasteiger charge is -2.38. The topological polar surface area (TPSA) is 40.6 Å². The normalized spacial score (nSPS) is 16.1. The largest absolute Gasteiger partial charge is 0.417 e. The standard InChI is InChI=1S/C18H23F3N2O2/c1-4-17(2,3)16(25)23-11-9-22(10-12-23)15(24)13-7-5-6-8-14(13)18(19,20)21/h5-8H,4,9-12H2,1-3H3. The fraction of sp³-hybridized carbons (Fsp3) is 0.556. The summed E-state index contributed by atoms with van der Waals surface area (Å²) in [5.41, 5.74) is -1.75. The highest BCUT2D eigenvalue weighted by molar-refractivity contribution is 5.96. The van der Waals surface area contributed by atoms with Crippen LogP contribution in [-0.4, -0.2) is 47.8 Å². The molecule has 1 fully saturated rings. The molecule has 0 atom stereocenters. The smallest absolute Gasteiger partial charge is 0.339 e. The molecule has 25 heavy (non-hydrogen) atoms. The van der Waals surface area contributed by atoms with Crippen molar-refractivity contribution in [2.45, 2.75) is 33.4 Å². The average Bonchev–Trinajstić information content (AvgIpc) is 2.60. The zero-order valence-corrected chi connectivity index (χ0v) is 14.7. The Kier molecular flexibility index (Phi) is 5.44. The van der Waals surface area contributed by atoms with Crippen LogP contribution in [0.15, 0.2) is 24.3 Å². The maximum Gasteiger partial charge on any atom is 0.417 e. The SMILES string of the molecule is CCC(C)(C)C(=O)N1CCN(C(=O)c2ccccc2C(F)(F)F)CC1. The number of halogens is 3. The minimum atomic E-state index is -4.57. The molecule has 1 saturated heterocycles. The van der Waals surface area contributed by atoms with Crippen LogP contribution in [0.2, 0.25) is 0 Å². The number of alkyl halides is 3. The molecule has 138 valence electrons. The van der Waals surface area contributed by atoms with Crippen LogP contribution in [0, 0.1) is 5.41 Å². The van der Waals surface area contributed by atoms with Crippen molar-refractivity contribution in [3.63, 3.8) is 0 Å². The van der Waals surface area contributed by atoms with Crippen LogP contribution in [0.1, 0.15) is 43.1 Å². The molecule has 0 bridgehead atoms. The summed E-state index contributed by atoms with van der Waals surface area (Å²) in [5, 5.41) is 0. The lowest BCUT2D eigenvalue weighted by Crippen LogP contribution is -2.53. The number of rotatable bonds is 3. The van der Waals surface area contributed by atoms with E-state index in [0.717, 1.165) is 6.07 Å². The monoisotopic (exact) mass is 356 g/mol. The molecule has 7 heteroatoms. The van der Waals surface area contributed by atoms with E-state index in [1.54, 1.807) is 4.90 Å². The minimum Gasteiger partial charge on any atom is -0.339 e. The van der Waals surface area contributed by atoms with Gasteiger partial charge in [0.1, 0.15) is 0 Å². The van der Waals surface area contributed by atoms with E-state index < -0.39 is 23.1 Å². The van der Waals surface area contributed by atoms with Gasteiger partial charge in [-0.05, 0) is 18.6 Å². The Hall–Kier alpha value is -2.05. The first kappa shape index (κ1) is 19.3. The predicted octanol–water partition coefficient (Wildman–Crippen LogP) is 3.43. The van der Waals surface area contributed by atoms with Crippen LogP contribution in [-0.2, 0) is 11.0 Å². The predicted molar refractivity (Wildman–Crippen MR) is 88.0 cm³/mol. The third kappa shape index (κ3) is 4.14. The Balaban J connectivity index is 2.10. The highest BCUT2D eigenvalue weighted by Gasteiger charge is 2.37. The maximum atomic E-state index is 13.1. The van der Waals surface area contributed by atoms with Crippen molar-refractivity contribution in [3.05, 3.63) is 35.4 Å². The minimum absolute atomic E-state index is 0.0118. The average molecular weight is 356 g/mol. The van der Waals surface area contributed by atoms with Gasteiger partial charge in [0.15, 0.2) is 0 Å². The second-order valence-electron chi connectivity index (χ2n) is 6.87. The zero-order chi connectivity index (χ0) is 18.8. The van der Waals surface area contributed by atoms with Gasteiger partial charge in [-0.2, -0.15) is 13.2 Å². The van der Waals surface area contributed by atoms with Gasteiger partial charge < -0.3 is 9.80 Å². The van der Waals surface area contributed by atoms with Gasteiger partial charge in [-0.15, -0.1) is 0 Å². The van der Waals surface area contributed by atoms with Crippen LogP contribution in [0.3, 0.4) is 0 Å². The third-order valence-electron chi connectivity index (χ3n) is 4.78. The first-order chi connectivity index (χ1) is 11.6. The molecule has 4 nitrogen and oxygen atoms in total. The van der Waals surface area contributed by atoms with E-state index in [4.69, 9.17) is 0 Å². The Morgan fingerprint density at radius 3 is 2.04 bits per heavy atom. The van der Waals surface area contributed by atoms with Crippen molar-refractivity contribution in [1.82, 2.24) is 9.80 Å². The number of nitrogens with zero attached hydrogens (tertiary/aromatic N) is 2. The molecule has 0 N–H and O–H groups in total. The van der Waals surface area contributed by atoms with E-state index >= 15 is 0 Å². The number of piperazine rings is 1. The molecular weight excluding hydrogens is 333 g/mol. The third-order valence-corrected chi connectivity index (χ3v) is 4.78. The first-order valence-corrected chi connectivity index (χ1v) is 8.33. The van der Waals surface area contributed by atoms with Crippen molar-refractivity contribution < 1.29 is 22.8 Å². The number of hydrogen-bond donors (Lipinski definition) is 0. The Morgan fingerprint density at radius 2 is 1.52 bits per heavy atom. The van der Waals surface area contributed by atoms with Crippen molar-refractivity contribution in [1.29, 1.82) is 0 Å². The molecule has 1 heterocycles. The van der Waals surface area contributed by atoms with Gasteiger partial charge in [0.25, 0.3) is 5.91 Å². The molecule has 0 unspecified atom stereocenters. The van der Waals surface area contributed by atoms with Gasteiger partial charge in [0.2, 0.25) is 5.91 Å². The summed E-state index contributed by atoms with van der Waals surface area (Å²) in [6, 6.07) is 4.80. The summed E-state index contributed by atoms with van der Waals surface area (Å²) in [4.78, 5) is 28.0. The van der Waals surface area contributed by atoms with E-state index in [1.807, 2.05) is 20.8 Å². The summed E-state index contributed by atoms with van der Waals surface area (Å²) >= 11 is 0. The van der Waals surface area contributed by atoms with Crippen LogP contribution in [0.4, 0.5) is 13.2 Å². The first-order valence-electron chi connectivity index (χ1n) is 8.33. The Labute approximate surface area is 145 Å². The fourth-order valence-electron chi connectivity index (χ4n) is 2.78. The highest BCUT2D eigenvalue weighted by atomic mass is 19.4. The zero-order valence-electron chi connectivity index (χ0n) is 14.7. The van der Waals surface area contributed by atoms with Crippen molar-refractivity contribution in [2.24, 2.45) is 5.41 Å². The van der Waals surface area contributed by atoms with Crippen molar-refractivity contribution in [3.8, 4) is 0 Å². The van der Waals surface area contributed by atoms with Crippen LogP contribution >= 0.6 is 0 Å². The van der Waals surface area contributed by atoms with Crippen molar-refractivity contribution >= 4 is 11.8 Å². The van der Waals surface area contributed by atoms with Crippen LogP contribution < -0.4 is 0 Å². The molecule has 2 amide bonds. The fourth-order valence-corrected chi connectivity index (χ4v) is 2.78. The highest BCUT2D eigenvalue weighted by Crippen LogP contribution is 2.32. The Morgan fingerprint density at radius 1 is 1.00 bits per heavy atom. The van der Waals surface area contributed by atoms with E-state index in [2.05, 4.69) is 0 Å². The van der Waals surface area contributed by atoms with Gasteiger partial charge in [0.05, 0.1) is 11.1 Å². The summed E-state index contributed by atoms with van der Waals surface area (Å²) in [7, 11) is 0. The van der Waals surface area contributed by atoms with Crippen LogP contribution in [0.25, 0.3) is 0 Å². The lowest BCUT2D eigenvalue weighted by atomic mass is 9.88. The number of amides is 2. The molecule has 0 aliphatic carbocycles. The maximum absolute atomic E-state index is 13.1. The van der Waals surface area contributed by atoms with Gasteiger partial charge in [-0.3, -0.25) is 9.59 Å². The van der Waals surface area contributed by atoms with Gasteiger partial charge in [-0.25, -0.2) is 0 Å². The second-order valence-corrected chi connectivity index (χ2v) is 6.87. The molecule has 1 aromatic carbocycles. The van der Waals surface area contributed by atoms with E-state index in [-0.39, 0.29) is 24.6 Å². The molecule has 0 aromatic heterocycles. The van der Waals surface area contributed by atoms with Gasteiger partial charge in [-0.1, -0.05) is 32.9 Å². The number of hydrogen-bond acceptors (Lipinski definition) is 2. The van der Waals surface area contributed by atoms with E-state index in [0.29, 0.717) is 19.5 Å². The number of benzene rings is 1. The summed E-state index contributed by atoms with van der Waals surface area (Å²) in [6.45, 7) is 6.81.